The van der Waals surface area contributed by atoms with Crippen molar-refractivity contribution in [2.45, 2.75) is 13.0 Å². The van der Waals surface area contributed by atoms with E-state index in [0.29, 0.717) is 25.1 Å². The molecule has 0 radical (unpaired) electrons. The van der Waals surface area contributed by atoms with Crippen LogP contribution in [-0.4, -0.2) is 50.1 Å². The predicted octanol–water partition coefficient (Wildman–Crippen LogP) is 3.77. The first-order valence-corrected chi connectivity index (χ1v) is 9.98. The number of nitrogens with one attached hydrogen (secondary N) is 2. The maximum atomic E-state index is 13.7. The molecule has 32 heavy (non-hydrogen) atoms. The van der Waals surface area contributed by atoms with Crippen molar-refractivity contribution in [3.63, 3.8) is 0 Å². The number of rotatable bonds is 7. The molecule has 2 N–H and O–H groups in total. The average Bonchev–Trinajstić information content (AvgIpc) is 3.24. The Balaban J connectivity index is 0.00000363. The average molecular weight is 562 g/mol. The van der Waals surface area contributed by atoms with Crippen LogP contribution in [0.15, 0.2) is 47.5 Å². The topological polar surface area (TPSA) is 66.0 Å². The summed E-state index contributed by atoms with van der Waals surface area (Å²) in [5, 5.41) is 5.14. The molecule has 0 saturated carbocycles. The third-order valence-corrected chi connectivity index (χ3v) is 4.98. The fourth-order valence-corrected chi connectivity index (χ4v) is 3.39. The Bertz CT molecular complexity index is 931. The minimum absolute atomic E-state index is 0. The van der Waals surface area contributed by atoms with Crippen molar-refractivity contribution in [3.8, 4) is 0 Å². The molecule has 1 aliphatic heterocycles. The summed E-state index contributed by atoms with van der Waals surface area (Å²) in [5.41, 5.74) is 0.704. The number of benzene rings is 2. The smallest absolute Gasteiger partial charge is 0.243 e. The molecule has 0 bridgehead atoms. The summed E-state index contributed by atoms with van der Waals surface area (Å²) < 4.78 is 45.8. The lowest BCUT2D eigenvalue weighted by molar-refractivity contribution is -0.115. The first-order chi connectivity index (χ1) is 15.0. The molecular weight excluding hydrogens is 536 g/mol. The summed E-state index contributed by atoms with van der Waals surface area (Å²) in [7, 11) is 1.61. The molecule has 3 rings (SSSR count). The van der Waals surface area contributed by atoms with E-state index >= 15 is 0 Å². The first-order valence-electron chi connectivity index (χ1n) is 9.98. The second-order valence-electron chi connectivity index (χ2n) is 7.27. The Morgan fingerprint density at radius 1 is 1.16 bits per heavy atom. The van der Waals surface area contributed by atoms with Crippen LogP contribution in [0.1, 0.15) is 12.0 Å². The highest BCUT2D eigenvalue weighted by atomic mass is 127. The molecule has 0 aromatic heterocycles. The zero-order valence-electron chi connectivity index (χ0n) is 17.6. The highest BCUT2D eigenvalue weighted by Gasteiger charge is 2.25. The van der Waals surface area contributed by atoms with Gasteiger partial charge < -0.3 is 20.3 Å². The second-order valence-corrected chi connectivity index (χ2v) is 7.27. The maximum absolute atomic E-state index is 13.7. The number of halogens is 4. The molecule has 6 nitrogen and oxygen atoms in total. The van der Waals surface area contributed by atoms with Crippen molar-refractivity contribution in [2.24, 2.45) is 10.9 Å². The van der Waals surface area contributed by atoms with Crippen LogP contribution in [0.25, 0.3) is 0 Å². The van der Waals surface area contributed by atoms with Gasteiger partial charge in [-0.15, -0.1) is 24.0 Å². The molecular formula is C22H26F3IN4O2. The molecule has 0 aliphatic carbocycles. The minimum Gasteiger partial charge on any atom is -0.376 e. The Labute approximate surface area is 202 Å². The van der Waals surface area contributed by atoms with Crippen molar-refractivity contribution >= 4 is 41.5 Å². The molecule has 1 aliphatic rings. The first kappa shape index (κ1) is 25.9. The SMILES string of the molecule is CN=C(NCC(=O)Nc1ccc(F)c(F)c1F)N1CCC(COCc2ccccc2)C1.I. The van der Waals surface area contributed by atoms with Gasteiger partial charge in [-0.25, -0.2) is 13.2 Å². The molecule has 1 unspecified atom stereocenters. The molecule has 2 aromatic rings. The van der Waals surface area contributed by atoms with Gasteiger partial charge >= 0.3 is 0 Å². The molecule has 1 amide bonds. The van der Waals surface area contributed by atoms with Crippen molar-refractivity contribution in [1.82, 2.24) is 10.2 Å². The summed E-state index contributed by atoms with van der Waals surface area (Å²) in [4.78, 5) is 18.3. The van der Waals surface area contributed by atoms with Gasteiger partial charge in [0, 0.05) is 26.1 Å². The number of hydrogen-bond donors (Lipinski definition) is 2. The summed E-state index contributed by atoms with van der Waals surface area (Å²) in [6, 6.07) is 11.7. The number of hydrogen-bond acceptors (Lipinski definition) is 3. The monoisotopic (exact) mass is 562 g/mol. The van der Waals surface area contributed by atoms with Crippen molar-refractivity contribution < 1.29 is 22.7 Å². The number of amides is 1. The molecule has 2 aromatic carbocycles. The fraction of sp³-hybridized carbons (Fsp3) is 0.364. The van der Waals surface area contributed by atoms with E-state index in [0.717, 1.165) is 37.2 Å². The third-order valence-electron chi connectivity index (χ3n) is 4.98. The van der Waals surface area contributed by atoms with Crippen LogP contribution in [0, 0.1) is 23.4 Å². The van der Waals surface area contributed by atoms with E-state index in [1.807, 2.05) is 35.2 Å². The van der Waals surface area contributed by atoms with Crippen molar-refractivity contribution in [1.29, 1.82) is 0 Å². The quantitative estimate of drug-likeness (QED) is 0.234. The molecule has 10 heteroatoms. The molecule has 174 valence electrons. The number of guanidine groups is 1. The van der Waals surface area contributed by atoms with Gasteiger partial charge in [0.05, 0.1) is 25.4 Å². The van der Waals surface area contributed by atoms with Gasteiger partial charge in [-0.3, -0.25) is 9.79 Å². The van der Waals surface area contributed by atoms with Crippen LogP contribution in [0.2, 0.25) is 0 Å². The number of ether oxygens (including phenoxy) is 1. The lowest BCUT2D eigenvalue weighted by atomic mass is 10.1. The Hall–Kier alpha value is -2.34. The highest BCUT2D eigenvalue weighted by molar-refractivity contribution is 14.0. The highest BCUT2D eigenvalue weighted by Crippen LogP contribution is 2.20. The van der Waals surface area contributed by atoms with E-state index in [9.17, 15) is 18.0 Å². The normalized spacial score (nSPS) is 15.9. The standard InChI is InChI=1S/C22H25F3N4O2.HI/c1-26-22(27-11-19(30)28-18-8-7-17(23)20(24)21(18)25)29-10-9-16(12-29)14-31-13-15-5-3-2-4-6-15;/h2-8,16H,9-14H2,1H3,(H,26,27)(H,28,30);1H. The molecule has 1 fully saturated rings. The number of carbonyl (C=O) groups is 1. The van der Waals surface area contributed by atoms with Crippen LogP contribution in [0.3, 0.4) is 0 Å². The van der Waals surface area contributed by atoms with Gasteiger partial charge in [0.25, 0.3) is 0 Å². The zero-order valence-corrected chi connectivity index (χ0v) is 19.9. The summed E-state index contributed by atoms with van der Waals surface area (Å²) >= 11 is 0. The van der Waals surface area contributed by atoms with E-state index in [1.165, 1.54) is 0 Å². The van der Waals surface area contributed by atoms with Gasteiger partial charge in [0.2, 0.25) is 5.91 Å². The lowest BCUT2D eigenvalue weighted by Crippen LogP contribution is -2.43. The fourth-order valence-electron chi connectivity index (χ4n) is 3.39. The second kappa shape index (κ2) is 12.6. The van der Waals surface area contributed by atoms with Crippen molar-refractivity contribution in [3.05, 3.63) is 65.5 Å². The number of nitrogens with zero attached hydrogens (tertiary/aromatic N) is 2. The Morgan fingerprint density at radius 2 is 1.91 bits per heavy atom. The summed E-state index contributed by atoms with van der Waals surface area (Å²) in [6.07, 6.45) is 0.932. The van der Waals surface area contributed by atoms with Crippen LogP contribution in [0.4, 0.5) is 18.9 Å². The minimum atomic E-state index is -1.63. The molecule has 1 saturated heterocycles. The van der Waals surface area contributed by atoms with Gasteiger partial charge in [0.15, 0.2) is 23.4 Å². The van der Waals surface area contributed by atoms with Crippen LogP contribution in [0.5, 0.6) is 0 Å². The van der Waals surface area contributed by atoms with Gasteiger partial charge in [-0.05, 0) is 24.1 Å². The Morgan fingerprint density at radius 3 is 2.62 bits per heavy atom. The van der Waals surface area contributed by atoms with Gasteiger partial charge in [-0.2, -0.15) is 0 Å². The van der Waals surface area contributed by atoms with E-state index in [2.05, 4.69) is 15.6 Å². The van der Waals surface area contributed by atoms with E-state index in [-0.39, 0.29) is 30.5 Å². The van der Waals surface area contributed by atoms with Crippen molar-refractivity contribution in [2.75, 3.05) is 38.6 Å². The Kier molecular flexibility index (Phi) is 10.2. The van der Waals surface area contributed by atoms with Crippen LogP contribution < -0.4 is 10.6 Å². The largest absolute Gasteiger partial charge is 0.376 e. The number of carbonyl (C=O) groups excluding carboxylic acids is 1. The van der Waals surface area contributed by atoms with E-state index in [4.69, 9.17) is 4.74 Å². The zero-order chi connectivity index (χ0) is 22.2. The molecule has 0 spiro atoms. The maximum Gasteiger partial charge on any atom is 0.243 e. The van der Waals surface area contributed by atoms with Gasteiger partial charge in [-0.1, -0.05) is 30.3 Å². The molecule has 1 atom stereocenters. The summed E-state index contributed by atoms with van der Waals surface area (Å²) in [5.74, 6) is -4.10. The number of aliphatic imine (C=N–C) groups is 1. The van der Waals surface area contributed by atoms with E-state index in [1.54, 1.807) is 7.05 Å². The van der Waals surface area contributed by atoms with Crippen LogP contribution in [-0.2, 0) is 16.1 Å². The lowest BCUT2D eigenvalue weighted by Gasteiger charge is -2.21. The molecule has 1 heterocycles. The number of anilines is 1. The third kappa shape index (κ3) is 7.09. The van der Waals surface area contributed by atoms with E-state index < -0.39 is 29.0 Å². The summed E-state index contributed by atoms with van der Waals surface area (Å²) in [6.45, 7) is 2.48. The number of likely N-dealkylation sites (tertiary alicyclic amines) is 1. The van der Waals surface area contributed by atoms with Crippen LogP contribution >= 0.6 is 24.0 Å². The van der Waals surface area contributed by atoms with Gasteiger partial charge in [0.1, 0.15) is 0 Å². The predicted molar refractivity (Wildman–Crippen MR) is 128 cm³/mol.